The highest BCUT2D eigenvalue weighted by Crippen LogP contribution is 2.44. The van der Waals surface area contributed by atoms with Crippen molar-refractivity contribution in [2.45, 2.75) is 79.6 Å². The molecule has 0 aromatic heterocycles. The predicted octanol–water partition coefficient (Wildman–Crippen LogP) is 8.30. The summed E-state index contributed by atoms with van der Waals surface area (Å²) in [6, 6.07) is 7.60. The Balaban J connectivity index is 2.02. The summed E-state index contributed by atoms with van der Waals surface area (Å²) in [5, 5.41) is 8.77. The van der Waals surface area contributed by atoms with E-state index in [0.717, 1.165) is 12.8 Å². The van der Waals surface area contributed by atoms with Crippen LogP contribution in [0.3, 0.4) is 0 Å². The van der Waals surface area contributed by atoms with Gasteiger partial charge in [0.1, 0.15) is 0 Å². The Kier molecular flexibility index (Phi) is 6.05. The maximum Gasteiger partial charge on any atom is -0.00375 e. The minimum atomic E-state index is 0.484. The number of fused-ring (bicyclic) bond motifs is 6. The highest BCUT2D eigenvalue weighted by Gasteiger charge is 2.27. The smallest absolute Gasteiger partial charge is 0.00375 e. The Morgan fingerprint density at radius 1 is 1.00 bits per heavy atom. The SMILES string of the molecule is C=C1c2c(cc3c(c(CC)cc4c5c(cc(C(C)C)c43)=CC(CC)C=5)c2C=CC)CCC1CC. The van der Waals surface area contributed by atoms with Crippen LogP contribution in [0.5, 0.6) is 0 Å². The standard InChI is InChI=1S/C34H40/c1-8-12-27-32-21(7)23(10-3)13-14-25(32)18-31-33(27)24(11-4)17-30-29-16-22(9-2)15-26(29)19-28(20(5)6)34(30)31/h8,12,15-20,22-23H,7,9-11,13-14H2,1-6H3. The van der Waals surface area contributed by atoms with Crippen LogP contribution in [0.2, 0.25) is 0 Å². The summed E-state index contributed by atoms with van der Waals surface area (Å²) in [6.07, 6.45) is 15.4. The zero-order valence-corrected chi connectivity index (χ0v) is 22.0. The van der Waals surface area contributed by atoms with Gasteiger partial charge in [0.25, 0.3) is 0 Å². The summed E-state index contributed by atoms with van der Waals surface area (Å²) in [6.45, 7) is 18.4. The van der Waals surface area contributed by atoms with E-state index in [-0.39, 0.29) is 0 Å². The minimum Gasteiger partial charge on any atom is -0.0949 e. The van der Waals surface area contributed by atoms with Crippen LogP contribution in [0, 0.1) is 11.8 Å². The van der Waals surface area contributed by atoms with Gasteiger partial charge in [-0.1, -0.05) is 71.6 Å². The maximum atomic E-state index is 4.64. The van der Waals surface area contributed by atoms with Gasteiger partial charge in [0.2, 0.25) is 0 Å². The van der Waals surface area contributed by atoms with Gasteiger partial charge in [-0.2, -0.15) is 0 Å². The first-order valence-electron chi connectivity index (χ1n) is 13.6. The molecule has 0 amide bonds. The lowest BCUT2D eigenvalue weighted by Crippen LogP contribution is -2.24. The van der Waals surface area contributed by atoms with E-state index >= 15 is 0 Å². The van der Waals surface area contributed by atoms with Gasteiger partial charge in [0, 0.05) is 0 Å². The van der Waals surface area contributed by atoms with E-state index < -0.39 is 0 Å². The van der Waals surface area contributed by atoms with Crippen molar-refractivity contribution < 1.29 is 0 Å². The molecule has 0 aliphatic heterocycles. The molecule has 2 aliphatic rings. The van der Waals surface area contributed by atoms with Crippen molar-refractivity contribution in [3.8, 4) is 0 Å². The highest BCUT2D eigenvalue weighted by atomic mass is 14.3. The van der Waals surface area contributed by atoms with Crippen LogP contribution in [-0.4, -0.2) is 0 Å². The molecule has 0 fully saturated rings. The largest absolute Gasteiger partial charge is 0.0949 e. The van der Waals surface area contributed by atoms with Gasteiger partial charge in [-0.05, 0) is 134 Å². The van der Waals surface area contributed by atoms with Crippen LogP contribution >= 0.6 is 0 Å². The van der Waals surface area contributed by atoms with Gasteiger partial charge in [-0.3, -0.25) is 0 Å². The fourth-order valence-electron chi connectivity index (χ4n) is 6.62. The van der Waals surface area contributed by atoms with Gasteiger partial charge in [-0.25, -0.2) is 0 Å². The van der Waals surface area contributed by atoms with Crippen molar-refractivity contribution in [1.29, 1.82) is 0 Å². The quantitative estimate of drug-likeness (QED) is 0.344. The fraction of sp³-hybridized carbons (Fsp3) is 0.412. The van der Waals surface area contributed by atoms with Crippen molar-refractivity contribution in [3.05, 3.63) is 69.1 Å². The first-order valence-corrected chi connectivity index (χ1v) is 13.6. The second kappa shape index (κ2) is 8.88. The van der Waals surface area contributed by atoms with Crippen LogP contribution in [-0.2, 0) is 12.8 Å². The van der Waals surface area contributed by atoms with Gasteiger partial charge in [0.05, 0.1) is 0 Å². The van der Waals surface area contributed by atoms with Crippen molar-refractivity contribution in [3.63, 3.8) is 0 Å². The van der Waals surface area contributed by atoms with Crippen LogP contribution in [0.1, 0.15) is 94.5 Å². The Morgan fingerprint density at radius 2 is 1.79 bits per heavy atom. The van der Waals surface area contributed by atoms with E-state index in [1.165, 1.54) is 84.6 Å². The number of rotatable bonds is 5. The average Bonchev–Trinajstić information content (AvgIpc) is 3.26. The molecular formula is C34H40. The molecule has 3 aromatic carbocycles. The number of allylic oxidation sites excluding steroid dienone is 2. The Morgan fingerprint density at radius 3 is 2.44 bits per heavy atom. The minimum absolute atomic E-state index is 0.484. The Bertz CT molecular complexity index is 1460. The normalized spacial score (nSPS) is 19.7. The van der Waals surface area contributed by atoms with Crippen molar-refractivity contribution in [2.24, 2.45) is 11.8 Å². The first-order chi connectivity index (χ1) is 16.4. The average molecular weight is 449 g/mol. The highest BCUT2D eigenvalue weighted by molar-refractivity contribution is 6.15. The second-order valence-electron chi connectivity index (χ2n) is 10.8. The van der Waals surface area contributed by atoms with Crippen molar-refractivity contribution in [1.82, 2.24) is 0 Å². The lowest BCUT2D eigenvalue weighted by Gasteiger charge is -2.30. The van der Waals surface area contributed by atoms with E-state index in [1.54, 1.807) is 0 Å². The fourth-order valence-corrected chi connectivity index (χ4v) is 6.62. The van der Waals surface area contributed by atoms with Crippen LogP contribution in [0.15, 0.2) is 30.9 Å². The van der Waals surface area contributed by atoms with E-state index in [9.17, 15) is 0 Å². The Labute approximate surface area is 205 Å². The third-order valence-electron chi connectivity index (χ3n) is 8.48. The summed E-state index contributed by atoms with van der Waals surface area (Å²) in [5.74, 6) is 1.64. The zero-order chi connectivity index (χ0) is 24.1. The van der Waals surface area contributed by atoms with Crippen LogP contribution < -0.4 is 10.4 Å². The van der Waals surface area contributed by atoms with E-state index in [1.807, 2.05) is 0 Å². The van der Waals surface area contributed by atoms with Gasteiger partial charge in [0.15, 0.2) is 0 Å². The molecule has 0 bridgehead atoms. The van der Waals surface area contributed by atoms with Crippen molar-refractivity contribution in [2.75, 3.05) is 0 Å². The summed E-state index contributed by atoms with van der Waals surface area (Å²) in [5.41, 5.74) is 8.68. The molecular weight excluding hydrogens is 408 g/mol. The van der Waals surface area contributed by atoms with Crippen molar-refractivity contribution >= 4 is 45.3 Å². The molecule has 0 saturated heterocycles. The predicted molar refractivity (Wildman–Crippen MR) is 153 cm³/mol. The summed E-state index contributed by atoms with van der Waals surface area (Å²) in [7, 11) is 0. The number of hydrogen-bond donors (Lipinski definition) is 0. The molecule has 3 aromatic rings. The third-order valence-corrected chi connectivity index (χ3v) is 8.48. The molecule has 5 rings (SSSR count). The molecule has 0 nitrogen and oxygen atoms in total. The first kappa shape index (κ1) is 23.2. The monoisotopic (exact) mass is 448 g/mol. The molecule has 0 heterocycles. The molecule has 176 valence electrons. The number of hydrogen-bond acceptors (Lipinski definition) is 0. The van der Waals surface area contributed by atoms with Gasteiger partial charge < -0.3 is 0 Å². The molecule has 0 spiro atoms. The van der Waals surface area contributed by atoms with Crippen LogP contribution in [0.4, 0.5) is 0 Å². The molecule has 0 N–H and O–H groups in total. The molecule has 0 heteroatoms. The number of aryl methyl sites for hydroxylation is 2. The summed E-state index contributed by atoms with van der Waals surface area (Å²) >= 11 is 0. The maximum absolute atomic E-state index is 4.64. The molecule has 2 atom stereocenters. The molecule has 0 saturated carbocycles. The second-order valence-corrected chi connectivity index (χ2v) is 10.8. The third kappa shape index (κ3) is 3.41. The lowest BCUT2D eigenvalue weighted by atomic mass is 9.74. The summed E-state index contributed by atoms with van der Waals surface area (Å²) in [4.78, 5) is 0. The number of benzene rings is 3. The molecule has 2 aliphatic carbocycles. The van der Waals surface area contributed by atoms with E-state index in [4.69, 9.17) is 0 Å². The zero-order valence-electron chi connectivity index (χ0n) is 22.0. The van der Waals surface area contributed by atoms with E-state index in [2.05, 4.69) is 90.6 Å². The molecule has 34 heavy (non-hydrogen) atoms. The lowest BCUT2D eigenvalue weighted by molar-refractivity contribution is 0.573. The molecule has 0 radical (unpaired) electrons. The van der Waals surface area contributed by atoms with Gasteiger partial charge >= 0.3 is 0 Å². The van der Waals surface area contributed by atoms with E-state index in [0.29, 0.717) is 17.8 Å². The Hall–Kier alpha value is -2.60. The topological polar surface area (TPSA) is 0 Å². The summed E-state index contributed by atoms with van der Waals surface area (Å²) < 4.78 is 0. The van der Waals surface area contributed by atoms with Gasteiger partial charge in [-0.15, -0.1) is 0 Å². The molecule has 2 unspecified atom stereocenters. The van der Waals surface area contributed by atoms with Crippen LogP contribution in [0.25, 0.3) is 45.3 Å².